The number of aromatic nitrogens is 2. The van der Waals surface area contributed by atoms with Gasteiger partial charge in [0.15, 0.2) is 4.75 Å². The molecule has 0 fully saturated rings. The molecule has 3 aromatic rings. The second-order valence-corrected chi connectivity index (χ2v) is 8.08. The van der Waals surface area contributed by atoms with Crippen LogP contribution in [-0.4, -0.2) is 32.7 Å². The van der Waals surface area contributed by atoms with Crippen LogP contribution in [0.4, 0.5) is 5.69 Å². The molecule has 1 aromatic heterocycles. The molecule has 0 saturated carbocycles. The molecule has 0 saturated heterocycles. The maximum Gasteiger partial charge on any atom is 0.250 e. The van der Waals surface area contributed by atoms with Crippen molar-refractivity contribution in [3.05, 3.63) is 54.9 Å². The zero-order chi connectivity index (χ0) is 18.9. The summed E-state index contributed by atoms with van der Waals surface area (Å²) in [6.45, 7) is 2.91. The Hall–Kier alpha value is -2.80. The monoisotopic (exact) mass is 380 g/mol. The fourth-order valence-corrected chi connectivity index (χ4v) is 4.25. The van der Waals surface area contributed by atoms with Crippen LogP contribution in [0.25, 0.3) is 11.0 Å². The smallest absolute Gasteiger partial charge is 0.250 e. The number of thioether (sulfide) groups is 1. The third-order valence-electron chi connectivity index (χ3n) is 4.70. The van der Waals surface area contributed by atoms with E-state index in [4.69, 9.17) is 0 Å². The van der Waals surface area contributed by atoms with E-state index in [9.17, 15) is 9.59 Å². The number of carbonyl (C=O) groups excluding carboxylic acids is 2. The minimum absolute atomic E-state index is 0.269. The molecule has 1 atom stereocenters. The van der Waals surface area contributed by atoms with E-state index in [-0.39, 0.29) is 11.8 Å². The Balaban J connectivity index is 1.36. The SMILES string of the molecule is CC1(C(=O)NCCCn2cnc3ccccc32)Sc2ccccc2NC1=O. The summed E-state index contributed by atoms with van der Waals surface area (Å²) in [6, 6.07) is 15.5. The molecule has 6 nitrogen and oxygen atoms in total. The second-order valence-electron chi connectivity index (χ2n) is 6.62. The van der Waals surface area contributed by atoms with Crippen molar-refractivity contribution in [2.24, 2.45) is 0 Å². The van der Waals surface area contributed by atoms with Gasteiger partial charge in [-0.25, -0.2) is 4.98 Å². The summed E-state index contributed by atoms with van der Waals surface area (Å²) in [7, 11) is 0. The molecule has 138 valence electrons. The van der Waals surface area contributed by atoms with Gasteiger partial charge in [0.2, 0.25) is 11.8 Å². The van der Waals surface area contributed by atoms with Crippen molar-refractivity contribution in [2.75, 3.05) is 11.9 Å². The number of rotatable bonds is 5. The number of nitrogens with one attached hydrogen (secondary N) is 2. The van der Waals surface area contributed by atoms with Crippen molar-refractivity contribution in [1.82, 2.24) is 14.9 Å². The summed E-state index contributed by atoms with van der Waals surface area (Å²) in [4.78, 5) is 30.5. The van der Waals surface area contributed by atoms with Crippen molar-refractivity contribution in [3.8, 4) is 0 Å². The molecule has 2 aromatic carbocycles. The number of benzene rings is 2. The minimum Gasteiger partial charge on any atom is -0.354 e. The largest absolute Gasteiger partial charge is 0.354 e. The summed E-state index contributed by atoms with van der Waals surface area (Å²) in [5.41, 5.74) is 2.79. The van der Waals surface area contributed by atoms with Gasteiger partial charge in [-0.3, -0.25) is 9.59 Å². The molecule has 2 N–H and O–H groups in total. The van der Waals surface area contributed by atoms with Gasteiger partial charge in [0.05, 0.1) is 23.0 Å². The number of imidazole rings is 1. The van der Waals surface area contributed by atoms with Gasteiger partial charge in [-0.15, -0.1) is 0 Å². The average Bonchev–Trinajstić information content (AvgIpc) is 3.09. The first-order chi connectivity index (χ1) is 13.1. The number of nitrogens with zero attached hydrogens (tertiary/aromatic N) is 2. The number of para-hydroxylation sites is 3. The van der Waals surface area contributed by atoms with Gasteiger partial charge in [-0.2, -0.15) is 0 Å². The third kappa shape index (κ3) is 3.30. The van der Waals surface area contributed by atoms with Gasteiger partial charge in [0, 0.05) is 18.0 Å². The van der Waals surface area contributed by atoms with Crippen LogP contribution in [0.3, 0.4) is 0 Å². The van der Waals surface area contributed by atoms with Gasteiger partial charge in [0.25, 0.3) is 0 Å². The van der Waals surface area contributed by atoms with Crippen LogP contribution in [-0.2, 0) is 16.1 Å². The summed E-state index contributed by atoms with van der Waals surface area (Å²) in [6.07, 6.45) is 2.57. The highest BCUT2D eigenvalue weighted by Gasteiger charge is 2.45. The molecule has 2 heterocycles. The molecule has 2 amide bonds. The fraction of sp³-hybridized carbons (Fsp3) is 0.250. The van der Waals surface area contributed by atoms with Crippen LogP contribution in [0.5, 0.6) is 0 Å². The van der Waals surface area contributed by atoms with E-state index in [1.165, 1.54) is 11.8 Å². The number of carbonyl (C=O) groups is 2. The molecule has 1 unspecified atom stereocenters. The number of anilines is 1. The van der Waals surface area contributed by atoms with E-state index in [1.807, 2.05) is 54.9 Å². The summed E-state index contributed by atoms with van der Waals surface area (Å²) in [5, 5.41) is 5.74. The van der Waals surface area contributed by atoms with E-state index < -0.39 is 4.75 Å². The Kier molecular flexibility index (Phi) is 4.61. The van der Waals surface area contributed by atoms with Crippen molar-refractivity contribution in [1.29, 1.82) is 0 Å². The maximum atomic E-state index is 12.7. The normalized spacial score (nSPS) is 18.8. The van der Waals surface area contributed by atoms with Crippen LogP contribution >= 0.6 is 11.8 Å². The predicted molar refractivity (Wildman–Crippen MR) is 107 cm³/mol. The van der Waals surface area contributed by atoms with E-state index in [2.05, 4.69) is 20.2 Å². The lowest BCUT2D eigenvalue weighted by Crippen LogP contribution is -2.52. The first-order valence-electron chi connectivity index (χ1n) is 8.85. The lowest BCUT2D eigenvalue weighted by Gasteiger charge is -2.31. The molecule has 7 heteroatoms. The highest BCUT2D eigenvalue weighted by Crippen LogP contribution is 2.42. The number of hydrogen-bond acceptors (Lipinski definition) is 4. The Bertz CT molecular complexity index is 1020. The first kappa shape index (κ1) is 17.6. The van der Waals surface area contributed by atoms with Crippen LogP contribution < -0.4 is 10.6 Å². The highest BCUT2D eigenvalue weighted by atomic mass is 32.2. The maximum absolute atomic E-state index is 12.7. The molecular formula is C20H20N4O2S. The molecule has 0 radical (unpaired) electrons. The Morgan fingerprint density at radius 1 is 1.22 bits per heavy atom. The lowest BCUT2D eigenvalue weighted by molar-refractivity contribution is -0.129. The van der Waals surface area contributed by atoms with Gasteiger partial charge < -0.3 is 15.2 Å². The molecule has 0 aliphatic carbocycles. The van der Waals surface area contributed by atoms with Crippen LogP contribution in [0.15, 0.2) is 59.8 Å². The molecule has 0 spiro atoms. The van der Waals surface area contributed by atoms with Crippen molar-refractivity contribution < 1.29 is 9.59 Å². The number of amides is 2. The Morgan fingerprint density at radius 2 is 2.00 bits per heavy atom. The van der Waals surface area contributed by atoms with Gasteiger partial charge >= 0.3 is 0 Å². The summed E-state index contributed by atoms with van der Waals surface area (Å²) in [5.74, 6) is -0.556. The van der Waals surface area contributed by atoms with Crippen LogP contribution in [0.2, 0.25) is 0 Å². The van der Waals surface area contributed by atoms with E-state index in [0.29, 0.717) is 6.54 Å². The first-order valence-corrected chi connectivity index (χ1v) is 9.67. The van der Waals surface area contributed by atoms with E-state index in [0.717, 1.165) is 34.6 Å². The molecule has 1 aliphatic rings. The lowest BCUT2D eigenvalue weighted by atomic mass is 10.1. The zero-order valence-electron chi connectivity index (χ0n) is 14.9. The third-order valence-corrected chi connectivity index (χ3v) is 6.06. The Labute approximate surface area is 161 Å². The summed E-state index contributed by atoms with van der Waals surface area (Å²) >= 11 is 1.29. The zero-order valence-corrected chi connectivity index (χ0v) is 15.8. The van der Waals surface area contributed by atoms with Gasteiger partial charge in [-0.1, -0.05) is 36.0 Å². The standard InChI is InChI=1S/C20H20N4O2S/c1-20(19(26)23-15-8-3-5-10-17(15)27-20)18(25)21-11-6-12-24-13-22-14-7-2-4-9-16(14)24/h2-5,7-10,13H,6,11-12H2,1H3,(H,21,25)(H,23,26). The summed E-state index contributed by atoms with van der Waals surface area (Å²) < 4.78 is 0.900. The fourth-order valence-electron chi connectivity index (χ4n) is 3.12. The molecule has 27 heavy (non-hydrogen) atoms. The molecule has 0 bridgehead atoms. The molecular weight excluding hydrogens is 360 g/mol. The van der Waals surface area contributed by atoms with Crippen LogP contribution in [0.1, 0.15) is 13.3 Å². The van der Waals surface area contributed by atoms with Crippen molar-refractivity contribution >= 4 is 40.3 Å². The number of aryl methyl sites for hydroxylation is 1. The van der Waals surface area contributed by atoms with Gasteiger partial charge in [-0.05, 0) is 37.6 Å². The topological polar surface area (TPSA) is 76.0 Å². The number of hydrogen-bond donors (Lipinski definition) is 2. The van der Waals surface area contributed by atoms with E-state index in [1.54, 1.807) is 6.92 Å². The highest BCUT2D eigenvalue weighted by molar-refractivity contribution is 8.02. The van der Waals surface area contributed by atoms with Crippen molar-refractivity contribution in [2.45, 2.75) is 29.5 Å². The second kappa shape index (κ2) is 7.08. The van der Waals surface area contributed by atoms with Crippen molar-refractivity contribution in [3.63, 3.8) is 0 Å². The van der Waals surface area contributed by atoms with E-state index >= 15 is 0 Å². The average molecular weight is 380 g/mol. The Morgan fingerprint density at radius 3 is 2.89 bits per heavy atom. The molecule has 1 aliphatic heterocycles. The minimum atomic E-state index is -1.17. The molecule has 4 rings (SSSR count). The number of fused-ring (bicyclic) bond motifs is 2. The predicted octanol–water partition coefficient (Wildman–Crippen LogP) is 3.05. The van der Waals surface area contributed by atoms with Crippen LogP contribution in [0, 0.1) is 0 Å². The van der Waals surface area contributed by atoms with Gasteiger partial charge in [0.1, 0.15) is 0 Å². The quantitative estimate of drug-likeness (QED) is 0.527.